The Balaban J connectivity index is 1.93. The molecule has 0 bridgehead atoms. The molecule has 4 N–H and O–H groups in total. The molecule has 0 saturated heterocycles. The molecule has 0 radical (unpaired) electrons. The lowest BCUT2D eigenvalue weighted by Crippen LogP contribution is -2.35. The van der Waals surface area contributed by atoms with Crippen molar-refractivity contribution in [3.05, 3.63) is 18.2 Å². The minimum atomic E-state index is -0.134. The molecular formula is C14H20N4O2. The van der Waals surface area contributed by atoms with Crippen LogP contribution < -0.4 is 21.1 Å². The zero-order valence-electron chi connectivity index (χ0n) is 11.8. The number of carbonyl (C=O) groups excluding carboxylic acids is 1. The second-order valence-electron chi connectivity index (χ2n) is 4.74. The van der Waals surface area contributed by atoms with Gasteiger partial charge in [-0.25, -0.2) is 0 Å². The number of amidine groups is 1. The molecule has 1 aromatic carbocycles. The van der Waals surface area contributed by atoms with Crippen molar-refractivity contribution < 1.29 is 9.53 Å². The van der Waals surface area contributed by atoms with E-state index in [0.29, 0.717) is 18.8 Å². The standard InChI is InChI=1S/C14H20N4O2/c1-9-14(17-7-3-6-16-10(2)19)18-12-5-4-11(15)8-13(12)20-9/h4-5,8-9H,3,6-7,15H2,1-2H3,(H,16,19)(H,17,18). The zero-order chi connectivity index (χ0) is 14.5. The summed E-state index contributed by atoms with van der Waals surface area (Å²) in [4.78, 5) is 15.2. The fourth-order valence-electron chi connectivity index (χ4n) is 1.94. The van der Waals surface area contributed by atoms with Gasteiger partial charge in [-0.05, 0) is 25.5 Å². The first-order chi connectivity index (χ1) is 9.56. The smallest absolute Gasteiger partial charge is 0.216 e. The van der Waals surface area contributed by atoms with Crippen LogP contribution in [0.1, 0.15) is 20.3 Å². The van der Waals surface area contributed by atoms with Crippen molar-refractivity contribution in [3.8, 4) is 5.75 Å². The van der Waals surface area contributed by atoms with Crippen LogP contribution >= 0.6 is 0 Å². The Bertz CT molecular complexity index is 528. The van der Waals surface area contributed by atoms with Crippen molar-refractivity contribution >= 4 is 23.1 Å². The van der Waals surface area contributed by atoms with Gasteiger partial charge >= 0.3 is 0 Å². The molecule has 20 heavy (non-hydrogen) atoms. The number of anilines is 2. The first kappa shape index (κ1) is 14.2. The number of nitrogens with two attached hydrogens (primary N) is 1. The van der Waals surface area contributed by atoms with Gasteiger partial charge < -0.3 is 21.1 Å². The molecule has 108 valence electrons. The summed E-state index contributed by atoms with van der Waals surface area (Å²) < 4.78 is 5.78. The molecule has 0 saturated carbocycles. The van der Waals surface area contributed by atoms with Gasteiger partial charge in [-0.1, -0.05) is 0 Å². The number of nitrogens with zero attached hydrogens (tertiary/aromatic N) is 1. The number of hydrogen-bond donors (Lipinski definition) is 3. The van der Waals surface area contributed by atoms with E-state index in [-0.39, 0.29) is 12.0 Å². The molecule has 1 atom stereocenters. The van der Waals surface area contributed by atoms with E-state index in [2.05, 4.69) is 15.6 Å². The largest absolute Gasteiger partial charge is 0.481 e. The summed E-state index contributed by atoms with van der Waals surface area (Å²) in [6.45, 7) is 4.72. The van der Waals surface area contributed by atoms with Crippen LogP contribution in [0.4, 0.5) is 11.4 Å². The molecule has 0 aliphatic carbocycles. The molecule has 1 aliphatic heterocycles. The van der Waals surface area contributed by atoms with Crippen molar-refractivity contribution in [2.24, 2.45) is 4.99 Å². The highest BCUT2D eigenvalue weighted by atomic mass is 16.5. The van der Waals surface area contributed by atoms with Gasteiger partial charge in [0.2, 0.25) is 5.91 Å². The van der Waals surface area contributed by atoms with E-state index < -0.39 is 0 Å². The molecule has 0 spiro atoms. The SMILES string of the molecule is CC(=O)NCCCN=C1Nc2ccc(N)cc2OC1C. The third kappa shape index (κ3) is 3.63. The first-order valence-electron chi connectivity index (χ1n) is 6.68. The maximum absolute atomic E-state index is 10.7. The van der Waals surface area contributed by atoms with Crippen LogP contribution in [0.15, 0.2) is 23.2 Å². The van der Waals surface area contributed by atoms with Gasteiger partial charge in [-0.15, -0.1) is 0 Å². The molecule has 1 unspecified atom stereocenters. The topological polar surface area (TPSA) is 88.7 Å². The normalized spacial score (nSPS) is 18.9. The fourth-order valence-corrected chi connectivity index (χ4v) is 1.94. The van der Waals surface area contributed by atoms with Crippen LogP contribution in [0.2, 0.25) is 0 Å². The molecule has 0 fully saturated rings. The monoisotopic (exact) mass is 276 g/mol. The van der Waals surface area contributed by atoms with E-state index in [1.807, 2.05) is 19.1 Å². The molecule has 6 heteroatoms. The third-order valence-electron chi connectivity index (χ3n) is 2.95. The van der Waals surface area contributed by atoms with E-state index >= 15 is 0 Å². The van der Waals surface area contributed by atoms with Crippen LogP contribution in [0.25, 0.3) is 0 Å². The van der Waals surface area contributed by atoms with Gasteiger partial charge in [0.05, 0.1) is 5.69 Å². The van der Waals surface area contributed by atoms with Crippen LogP contribution in [0.5, 0.6) is 5.75 Å². The fraction of sp³-hybridized carbons (Fsp3) is 0.429. The van der Waals surface area contributed by atoms with Crippen molar-refractivity contribution in [2.75, 3.05) is 24.1 Å². The number of carbonyl (C=O) groups is 1. The average molecular weight is 276 g/mol. The molecule has 1 heterocycles. The summed E-state index contributed by atoms with van der Waals surface area (Å²) in [6.07, 6.45) is 0.663. The number of fused-ring (bicyclic) bond motifs is 1. The van der Waals surface area contributed by atoms with E-state index in [9.17, 15) is 4.79 Å². The Morgan fingerprint density at radius 1 is 1.55 bits per heavy atom. The second kappa shape index (κ2) is 6.27. The summed E-state index contributed by atoms with van der Waals surface area (Å²) in [5, 5.41) is 6.00. The maximum Gasteiger partial charge on any atom is 0.216 e. The molecule has 2 rings (SSSR count). The van der Waals surface area contributed by atoms with Gasteiger partial charge in [-0.2, -0.15) is 0 Å². The molecule has 1 amide bonds. The number of benzene rings is 1. The van der Waals surface area contributed by atoms with E-state index in [4.69, 9.17) is 10.5 Å². The van der Waals surface area contributed by atoms with Crippen molar-refractivity contribution in [3.63, 3.8) is 0 Å². The van der Waals surface area contributed by atoms with Crippen molar-refractivity contribution in [2.45, 2.75) is 26.4 Å². The summed E-state index contributed by atoms with van der Waals surface area (Å²) >= 11 is 0. The van der Waals surface area contributed by atoms with Gasteiger partial charge in [0.25, 0.3) is 0 Å². The molecule has 1 aliphatic rings. The number of hydrogen-bond acceptors (Lipinski definition) is 4. The Kier molecular flexibility index (Phi) is 4.45. The lowest BCUT2D eigenvalue weighted by Gasteiger charge is -2.26. The van der Waals surface area contributed by atoms with Crippen molar-refractivity contribution in [1.29, 1.82) is 0 Å². The lowest BCUT2D eigenvalue weighted by atomic mass is 10.2. The Labute approximate surface area is 118 Å². The highest BCUT2D eigenvalue weighted by molar-refractivity contribution is 6.01. The highest BCUT2D eigenvalue weighted by Gasteiger charge is 2.21. The predicted molar refractivity (Wildman–Crippen MR) is 80.2 cm³/mol. The number of nitrogens with one attached hydrogen (secondary N) is 2. The summed E-state index contributed by atoms with van der Waals surface area (Å²) in [5.41, 5.74) is 7.27. The Morgan fingerprint density at radius 3 is 3.10 bits per heavy atom. The van der Waals surface area contributed by atoms with E-state index in [1.54, 1.807) is 6.07 Å². The van der Waals surface area contributed by atoms with Crippen LogP contribution in [-0.4, -0.2) is 30.9 Å². The molecular weight excluding hydrogens is 256 g/mol. The number of nitrogen functional groups attached to an aromatic ring is 1. The number of ether oxygens (including phenoxy) is 1. The first-order valence-corrected chi connectivity index (χ1v) is 6.68. The Morgan fingerprint density at radius 2 is 2.35 bits per heavy atom. The van der Waals surface area contributed by atoms with Crippen LogP contribution in [0.3, 0.4) is 0 Å². The zero-order valence-corrected chi connectivity index (χ0v) is 11.8. The van der Waals surface area contributed by atoms with Crippen molar-refractivity contribution in [1.82, 2.24) is 5.32 Å². The van der Waals surface area contributed by atoms with Gasteiger partial charge in [0, 0.05) is 31.8 Å². The summed E-state index contributed by atoms with van der Waals surface area (Å²) in [5.74, 6) is 1.52. The highest BCUT2D eigenvalue weighted by Crippen LogP contribution is 2.31. The number of amides is 1. The summed E-state index contributed by atoms with van der Waals surface area (Å²) in [6, 6.07) is 5.50. The lowest BCUT2D eigenvalue weighted by molar-refractivity contribution is -0.118. The average Bonchev–Trinajstić information content (AvgIpc) is 2.38. The minimum absolute atomic E-state index is 0.0170. The van der Waals surface area contributed by atoms with E-state index in [1.165, 1.54) is 6.92 Å². The number of aliphatic imine (C=N–C) groups is 1. The molecule has 1 aromatic rings. The third-order valence-corrected chi connectivity index (χ3v) is 2.95. The minimum Gasteiger partial charge on any atom is -0.481 e. The van der Waals surface area contributed by atoms with Gasteiger partial charge in [-0.3, -0.25) is 9.79 Å². The summed E-state index contributed by atoms with van der Waals surface area (Å²) in [7, 11) is 0. The second-order valence-corrected chi connectivity index (χ2v) is 4.74. The molecule has 6 nitrogen and oxygen atoms in total. The maximum atomic E-state index is 10.7. The predicted octanol–water partition coefficient (Wildman–Crippen LogP) is 1.39. The molecule has 0 aromatic heterocycles. The Hall–Kier alpha value is -2.24. The van der Waals surface area contributed by atoms with Crippen LogP contribution in [0, 0.1) is 0 Å². The van der Waals surface area contributed by atoms with Gasteiger partial charge in [0.15, 0.2) is 6.10 Å². The van der Waals surface area contributed by atoms with Gasteiger partial charge in [0.1, 0.15) is 11.6 Å². The number of rotatable bonds is 4. The quantitative estimate of drug-likeness (QED) is 0.572. The van der Waals surface area contributed by atoms with E-state index in [0.717, 1.165) is 23.7 Å². The van der Waals surface area contributed by atoms with Crippen LogP contribution in [-0.2, 0) is 4.79 Å².